The number of ether oxygens (including phenoxy) is 4. The van der Waals surface area contributed by atoms with Gasteiger partial charge in [-0.25, -0.2) is 0 Å². The second-order valence-corrected chi connectivity index (χ2v) is 5.97. The Morgan fingerprint density at radius 1 is 0.895 bits per heavy atom. The van der Waals surface area contributed by atoms with Crippen LogP contribution < -0.4 is 0 Å². The molecule has 112 valence electrons. The molecule has 2 heterocycles. The number of hydrogen-bond donors (Lipinski definition) is 0. The van der Waals surface area contributed by atoms with Crippen molar-refractivity contribution in [1.82, 2.24) is 0 Å². The van der Waals surface area contributed by atoms with Crippen LogP contribution in [0.1, 0.15) is 58.8 Å². The quantitative estimate of drug-likeness (QED) is 0.636. The van der Waals surface area contributed by atoms with Gasteiger partial charge in [-0.2, -0.15) is 0 Å². The van der Waals surface area contributed by atoms with Gasteiger partial charge in [0.05, 0.1) is 25.9 Å². The summed E-state index contributed by atoms with van der Waals surface area (Å²) in [5.41, 5.74) is 0. The van der Waals surface area contributed by atoms with E-state index < -0.39 is 0 Å². The Bertz CT molecular complexity index is 249. The summed E-state index contributed by atoms with van der Waals surface area (Å²) in [7, 11) is 0. The lowest BCUT2D eigenvalue weighted by Crippen LogP contribution is -2.21. The molecule has 0 bridgehead atoms. The summed E-state index contributed by atoms with van der Waals surface area (Å²) in [4.78, 5) is 0. The van der Waals surface area contributed by atoms with Gasteiger partial charge in [-0.1, -0.05) is 25.7 Å². The molecule has 0 saturated carbocycles. The molecule has 4 heteroatoms. The number of unbranched alkanes of at least 4 members (excludes halogenated alkanes) is 4. The Balaban J connectivity index is 1.38. The lowest BCUT2D eigenvalue weighted by Gasteiger charge is -2.16. The van der Waals surface area contributed by atoms with Crippen molar-refractivity contribution < 1.29 is 18.9 Å². The van der Waals surface area contributed by atoms with Crippen LogP contribution in [0.25, 0.3) is 0 Å². The molecule has 0 spiro atoms. The zero-order valence-corrected chi connectivity index (χ0v) is 12.4. The largest absolute Gasteiger partial charge is 0.350 e. The Hall–Kier alpha value is -0.160. The minimum Gasteiger partial charge on any atom is -0.350 e. The maximum atomic E-state index is 5.79. The van der Waals surface area contributed by atoms with E-state index >= 15 is 0 Å². The van der Waals surface area contributed by atoms with Crippen molar-refractivity contribution in [1.29, 1.82) is 0 Å². The van der Waals surface area contributed by atoms with Crippen LogP contribution in [0.15, 0.2) is 0 Å². The average molecular weight is 272 g/mol. The fourth-order valence-corrected chi connectivity index (χ4v) is 2.69. The highest BCUT2D eigenvalue weighted by molar-refractivity contribution is 4.70. The van der Waals surface area contributed by atoms with Crippen molar-refractivity contribution in [2.75, 3.05) is 19.8 Å². The molecule has 0 aromatic carbocycles. The van der Waals surface area contributed by atoms with E-state index in [9.17, 15) is 0 Å². The Kier molecular flexibility index (Phi) is 6.07. The van der Waals surface area contributed by atoms with Crippen LogP contribution in [0.5, 0.6) is 0 Å². The molecule has 2 aliphatic rings. The third-order valence-corrected chi connectivity index (χ3v) is 3.72. The first-order valence-electron chi connectivity index (χ1n) is 7.71. The summed E-state index contributed by atoms with van der Waals surface area (Å²) in [6.07, 6.45) is 8.85. The topological polar surface area (TPSA) is 36.9 Å². The zero-order chi connectivity index (χ0) is 13.6. The van der Waals surface area contributed by atoms with E-state index in [1.165, 1.54) is 32.1 Å². The van der Waals surface area contributed by atoms with Crippen molar-refractivity contribution >= 4 is 0 Å². The van der Waals surface area contributed by atoms with Gasteiger partial charge in [0.2, 0.25) is 0 Å². The molecule has 0 aromatic rings. The number of hydrogen-bond acceptors (Lipinski definition) is 4. The van der Waals surface area contributed by atoms with Crippen LogP contribution in [0, 0.1) is 0 Å². The van der Waals surface area contributed by atoms with Gasteiger partial charge in [0.15, 0.2) is 12.1 Å². The van der Waals surface area contributed by atoms with Crippen LogP contribution in [-0.4, -0.2) is 38.0 Å². The van der Waals surface area contributed by atoms with Crippen LogP contribution in [0.3, 0.4) is 0 Å². The summed E-state index contributed by atoms with van der Waals surface area (Å²) < 4.78 is 22.2. The molecule has 2 rings (SSSR count). The maximum Gasteiger partial charge on any atom is 0.163 e. The highest BCUT2D eigenvalue weighted by Crippen LogP contribution is 2.25. The van der Waals surface area contributed by atoms with Gasteiger partial charge in [-0.05, 0) is 33.1 Å². The van der Waals surface area contributed by atoms with Crippen LogP contribution >= 0.6 is 0 Å². The van der Waals surface area contributed by atoms with Crippen LogP contribution in [-0.2, 0) is 18.9 Å². The summed E-state index contributed by atoms with van der Waals surface area (Å²) in [6, 6.07) is 0. The number of rotatable bonds is 8. The Morgan fingerprint density at radius 3 is 2.16 bits per heavy atom. The highest BCUT2D eigenvalue weighted by Gasteiger charge is 2.31. The summed E-state index contributed by atoms with van der Waals surface area (Å²) in [5.74, 6) is -0.369. The standard InChI is InChI=1S/C15H28O4/c1-15(2)18-12-13(19-15)8-6-4-3-5-7-9-14-16-10-11-17-14/h13-14H,3-12H2,1-2H3. The second kappa shape index (κ2) is 7.58. The molecular weight excluding hydrogens is 244 g/mol. The van der Waals surface area contributed by atoms with E-state index in [-0.39, 0.29) is 12.1 Å². The van der Waals surface area contributed by atoms with Crippen molar-refractivity contribution in [2.24, 2.45) is 0 Å². The van der Waals surface area contributed by atoms with E-state index in [1.807, 2.05) is 13.8 Å². The molecule has 0 radical (unpaired) electrons. The predicted molar refractivity (Wildman–Crippen MR) is 72.9 cm³/mol. The molecule has 19 heavy (non-hydrogen) atoms. The van der Waals surface area contributed by atoms with Crippen molar-refractivity contribution in [3.05, 3.63) is 0 Å². The maximum absolute atomic E-state index is 5.79. The van der Waals surface area contributed by atoms with E-state index in [1.54, 1.807) is 0 Å². The van der Waals surface area contributed by atoms with Gasteiger partial charge in [0, 0.05) is 0 Å². The zero-order valence-electron chi connectivity index (χ0n) is 12.4. The smallest absolute Gasteiger partial charge is 0.163 e. The SMILES string of the molecule is CC1(C)OCC(CCCCCCCC2OCCO2)O1. The molecule has 0 amide bonds. The Labute approximate surface area is 116 Å². The molecule has 4 nitrogen and oxygen atoms in total. The van der Waals surface area contributed by atoms with Gasteiger partial charge < -0.3 is 18.9 Å². The lowest BCUT2D eigenvalue weighted by molar-refractivity contribution is -0.139. The minimum absolute atomic E-state index is 0.0752. The normalized spacial score (nSPS) is 27.2. The third-order valence-electron chi connectivity index (χ3n) is 3.72. The highest BCUT2D eigenvalue weighted by atomic mass is 16.7. The molecule has 2 saturated heterocycles. The first-order valence-corrected chi connectivity index (χ1v) is 7.71. The summed E-state index contributed by atoms with van der Waals surface area (Å²) in [5, 5.41) is 0. The molecule has 0 N–H and O–H groups in total. The first kappa shape index (κ1) is 15.2. The van der Waals surface area contributed by atoms with Crippen molar-refractivity contribution in [3.63, 3.8) is 0 Å². The van der Waals surface area contributed by atoms with E-state index in [4.69, 9.17) is 18.9 Å². The third kappa shape index (κ3) is 5.78. The molecule has 2 aliphatic heterocycles. The van der Waals surface area contributed by atoms with Crippen LogP contribution in [0.2, 0.25) is 0 Å². The molecule has 1 atom stereocenters. The predicted octanol–water partition coefficient (Wildman–Crippen LogP) is 3.24. The van der Waals surface area contributed by atoms with Gasteiger partial charge in [-0.3, -0.25) is 0 Å². The van der Waals surface area contributed by atoms with Crippen LogP contribution in [0.4, 0.5) is 0 Å². The van der Waals surface area contributed by atoms with Crippen molar-refractivity contribution in [3.8, 4) is 0 Å². The average Bonchev–Trinajstić information content (AvgIpc) is 2.98. The van der Waals surface area contributed by atoms with Gasteiger partial charge >= 0.3 is 0 Å². The monoisotopic (exact) mass is 272 g/mol. The van der Waals surface area contributed by atoms with Gasteiger partial charge in [0.1, 0.15) is 0 Å². The molecule has 2 fully saturated rings. The second-order valence-electron chi connectivity index (χ2n) is 5.97. The fraction of sp³-hybridized carbons (Fsp3) is 1.00. The van der Waals surface area contributed by atoms with Gasteiger partial charge in [0.25, 0.3) is 0 Å². The van der Waals surface area contributed by atoms with E-state index in [2.05, 4.69) is 0 Å². The van der Waals surface area contributed by atoms with E-state index in [0.717, 1.165) is 32.7 Å². The minimum atomic E-state index is -0.369. The first-order chi connectivity index (χ1) is 9.16. The molecule has 1 unspecified atom stereocenters. The lowest BCUT2D eigenvalue weighted by atomic mass is 10.1. The molecular formula is C15H28O4. The Morgan fingerprint density at radius 2 is 1.53 bits per heavy atom. The summed E-state index contributed by atoms with van der Waals surface area (Å²) >= 11 is 0. The van der Waals surface area contributed by atoms with E-state index in [0.29, 0.717) is 6.10 Å². The van der Waals surface area contributed by atoms with Crippen molar-refractivity contribution in [2.45, 2.75) is 77.0 Å². The molecule has 0 aliphatic carbocycles. The van der Waals surface area contributed by atoms with Gasteiger partial charge in [-0.15, -0.1) is 0 Å². The molecule has 0 aromatic heterocycles. The summed E-state index contributed by atoms with van der Waals surface area (Å²) in [6.45, 7) is 6.26. The fourth-order valence-electron chi connectivity index (χ4n) is 2.69.